The predicted molar refractivity (Wildman–Crippen MR) is 70.3 cm³/mol. The molecule has 1 aliphatic heterocycles. The van der Waals surface area contributed by atoms with E-state index in [4.69, 9.17) is 14.6 Å². The summed E-state index contributed by atoms with van der Waals surface area (Å²) >= 11 is 0. The third kappa shape index (κ3) is 3.46. The van der Waals surface area contributed by atoms with E-state index >= 15 is 0 Å². The van der Waals surface area contributed by atoms with Crippen molar-refractivity contribution in [3.05, 3.63) is 30.1 Å². The summed E-state index contributed by atoms with van der Waals surface area (Å²) in [6, 6.07) is 6.03. The quantitative estimate of drug-likeness (QED) is 0.851. The number of carbonyl (C=O) groups is 1. The molecule has 0 aromatic heterocycles. The molecule has 5 nitrogen and oxygen atoms in total. The molecule has 0 radical (unpaired) electrons. The number of halogens is 1. The van der Waals surface area contributed by atoms with Crippen molar-refractivity contribution in [1.82, 2.24) is 4.90 Å². The molecule has 1 aliphatic rings. The number of rotatable bonds is 6. The van der Waals surface area contributed by atoms with Gasteiger partial charge in [0.1, 0.15) is 6.61 Å². The number of benzene rings is 1. The molecule has 6 heteroatoms. The van der Waals surface area contributed by atoms with E-state index in [1.807, 2.05) is 11.9 Å². The third-order valence-electron chi connectivity index (χ3n) is 3.47. The van der Waals surface area contributed by atoms with E-state index in [-0.39, 0.29) is 18.4 Å². The number of carboxylic acid groups (broad SMARTS) is 1. The summed E-state index contributed by atoms with van der Waals surface area (Å²) in [6.45, 7) is 1.43. The van der Waals surface area contributed by atoms with Crippen LogP contribution in [0.3, 0.4) is 0 Å². The highest BCUT2D eigenvalue weighted by Crippen LogP contribution is 2.19. The summed E-state index contributed by atoms with van der Waals surface area (Å²) < 4.78 is 23.9. The van der Waals surface area contributed by atoms with Gasteiger partial charge in [-0.15, -0.1) is 0 Å². The van der Waals surface area contributed by atoms with Crippen molar-refractivity contribution in [2.24, 2.45) is 5.92 Å². The molecule has 0 spiro atoms. The molecule has 20 heavy (non-hydrogen) atoms. The molecule has 1 aromatic carbocycles. The maximum atomic E-state index is 13.3. The smallest absolute Gasteiger partial charge is 0.310 e. The number of carboxylic acids is 1. The Hall–Kier alpha value is -1.66. The zero-order valence-corrected chi connectivity index (χ0v) is 11.3. The molecule has 1 N–H and O–H groups in total. The van der Waals surface area contributed by atoms with Crippen molar-refractivity contribution in [3.8, 4) is 5.75 Å². The van der Waals surface area contributed by atoms with E-state index in [0.717, 1.165) is 0 Å². The Morgan fingerprint density at radius 3 is 2.95 bits per heavy atom. The molecule has 1 aromatic rings. The lowest BCUT2D eigenvalue weighted by Gasteiger charge is -2.25. The molecule has 2 atom stereocenters. The van der Waals surface area contributed by atoms with Crippen LogP contribution in [-0.4, -0.2) is 55.4 Å². The second kappa shape index (κ2) is 6.67. The van der Waals surface area contributed by atoms with Gasteiger partial charge in [0, 0.05) is 12.6 Å². The topological polar surface area (TPSA) is 59.0 Å². The molecule has 0 amide bonds. The van der Waals surface area contributed by atoms with Crippen LogP contribution in [0.25, 0.3) is 0 Å². The number of nitrogens with zero attached hydrogens (tertiary/aromatic N) is 1. The second-order valence-electron chi connectivity index (χ2n) is 4.81. The Labute approximate surface area is 116 Å². The summed E-state index contributed by atoms with van der Waals surface area (Å²) in [4.78, 5) is 13.0. The number of hydrogen-bond donors (Lipinski definition) is 1. The van der Waals surface area contributed by atoms with Crippen molar-refractivity contribution in [1.29, 1.82) is 0 Å². The first-order valence-electron chi connectivity index (χ1n) is 6.47. The first-order valence-corrected chi connectivity index (χ1v) is 6.47. The fourth-order valence-electron chi connectivity index (χ4n) is 2.24. The van der Waals surface area contributed by atoms with Crippen LogP contribution in [0.15, 0.2) is 24.3 Å². The second-order valence-corrected chi connectivity index (χ2v) is 4.81. The van der Waals surface area contributed by atoms with E-state index in [0.29, 0.717) is 19.8 Å². The van der Waals surface area contributed by atoms with Gasteiger partial charge in [-0.1, -0.05) is 12.1 Å². The predicted octanol–water partition coefficient (Wildman–Crippen LogP) is 1.24. The SMILES string of the molecule is CN(CCOc1ccccc1F)C1COCC1C(=O)O. The van der Waals surface area contributed by atoms with Crippen LogP contribution < -0.4 is 4.74 Å². The Morgan fingerprint density at radius 2 is 2.25 bits per heavy atom. The minimum Gasteiger partial charge on any atom is -0.489 e. The number of hydrogen-bond acceptors (Lipinski definition) is 4. The first kappa shape index (κ1) is 14.7. The van der Waals surface area contributed by atoms with Crippen LogP contribution in [0.4, 0.5) is 4.39 Å². The van der Waals surface area contributed by atoms with Crippen molar-refractivity contribution >= 4 is 5.97 Å². The molecule has 0 bridgehead atoms. The van der Waals surface area contributed by atoms with Crippen molar-refractivity contribution in [2.75, 3.05) is 33.4 Å². The summed E-state index contributed by atoms with van der Waals surface area (Å²) in [6.07, 6.45) is 0. The van der Waals surface area contributed by atoms with Crippen LogP contribution in [0, 0.1) is 11.7 Å². The Balaban J connectivity index is 1.82. The molecule has 1 heterocycles. The van der Waals surface area contributed by atoms with Gasteiger partial charge in [0.25, 0.3) is 0 Å². The lowest BCUT2D eigenvalue weighted by Crippen LogP contribution is -2.42. The Morgan fingerprint density at radius 1 is 1.50 bits per heavy atom. The molecular formula is C14H18FNO4. The Kier molecular flexibility index (Phi) is 4.92. The maximum Gasteiger partial charge on any atom is 0.310 e. The van der Waals surface area contributed by atoms with Crippen molar-refractivity contribution in [2.45, 2.75) is 6.04 Å². The normalized spacial score (nSPS) is 22.1. The number of para-hydroxylation sites is 1. The highest BCUT2D eigenvalue weighted by molar-refractivity contribution is 5.71. The monoisotopic (exact) mass is 283 g/mol. The van der Waals surface area contributed by atoms with E-state index in [2.05, 4.69) is 0 Å². The molecule has 0 saturated carbocycles. The largest absolute Gasteiger partial charge is 0.489 e. The standard InChI is InChI=1S/C14H18FNO4/c1-16(12-9-19-8-10(12)14(17)18)6-7-20-13-5-3-2-4-11(13)15/h2-5,10,12H,6-9H2,1H3,(H,17,18). The summed E-state index contributed by atoms with van der Waals surface area (Å²) in [5.41, 5.74) is 0. The van der Waals surface area contributed by atoms with Crippen LogP contribution >= 0.6 is 0 Å². The van der Waals surface area contributed by atoms with Gasteiger partial charge in [0.05, 0.1) is 19.1 Å². The number of ether oxygens (including phenoxy) is 2. The van der Waals surface area contributed by atoms with Gasteiger partial charge in [-0.05, 0) is 19.2 Å². The maximum absolute atomic E-state index is 13.3. The van der Waals surface area contributed by atoms with Crippen LogP contribution in [-0.2, 0) is 9.53 Å². The molecule has 1 saturated heterocycles. The highest BCUT2D eigenvalue weighted by atomic mass is 19.1. The molecule has 1 fully saturated rings. The fourth-order valence-corrected chi connectivity index (χ4v) is 2.24. The molecule has 0 aliphatic carbocycles. The summed E-state index contributed by atoms with van der Waals surface area (Å²) in [7, 11) is 1.82. The third-order valence-corrected chi connectivity index (χ3v) is 3.47. The average molecular weight is 283 g/mol. The van der Waals surface area contributed by atoms with Crippen LogP contribution in [0.5, 0.6) is 5.75 Å². The number of likely N-dealkylation sites (N-methyl/N-ethyl adjacent to an activating group) is 1. The lowest BCUT2D eigenvalue weighted by molar-refractivity contribution is -0.143. The van der Waals surface area contributed by atoms with Crippen LogP contribution in [0.1, 0.15) is 0 Å². The van der Waals surface area contributed by atoms with E-state index in [1.165, 1.54) is 6.07 Å². The average Bonchev–Trinajstić information content (AvgIpc) is 2.90. The molecule has 2 rings (SSSR count). The zero-order chi connectivity index (χ0) is 14.5. The number of aliphatic carboxylic acids is 1. The molecular weight excluding hydrogens is 265 g/mol. The van der Waals surface area contributed by atoms with Crippen molar-refractivity contribution in [3.63, 3.8) is 0 Å². The highest BCUT2D eigenvalue weighted by Gasteiger charge is 2.36. The summed E-state index contributed by atoms with van der Waals surface area (Å²) in [5.74, 6) is -1.57. The van der Waals surface area contributed by atoms with Gasteiger partial charge in [-0.3, -0.25) is 9.69 Å². The van der Waals surface area contributed by atoms with E-state index < -0.39 is 17.7 Å². The van der Waals surface area contributed by atoms with Gasteiger partial charge in [-0.25, -0.2) is 4.39 Å². The minimum atomic E-state index is -0.852. The first-order chi connectivity index (χ1) is 9.59. The van der Waals surface area contributed by atoms with Gasteiger partial charge in [0.15, 0.2) is 11.6 Å². The van der Waals surface area contributed by atoms with E-state index in [9.17, 15) is 9.18 Å². The van der Waals surface area contributed by atoms with Gasteiger partial charge >= 0.3 is 5.97 Å². The fraction of sp³-hybridized carbons (Fsp3) is 0.500. The Bertz CT molecular complexity index is 468. The summed E-state index contributed by atoms with van der Waals surface area (Å²) in [5, 5.41) is 9.08. The molecule has 2 unspecified atom stereocenters. The zero-order valence-electron chi connectivity index (χ0n) is 11.3. The van der Waals surface area contributed by atoms with Crippen LogP contribution in [0.2, 0.25) is 0 Å². The van der Waals surface area contributed by atoms with Gasteiger partial charge in [0.2, 0.25) is 0 Å². The van der Waals surface area contributed by atoms with Crippen molar-refractivity contribution < 1.29 is 23.8 Å². The van der Waals surface area contributed by atoms with E-state index in [1.54, 1.807) is 18.2 Å². The molecule has 110 valence electrons. The lowest BCUT2D eigenvalue weighted by atomic mass is 10.0. The van der Waals surface area contributed by atoms with Gasteiger partial charge in [-0.2, -0.15) is 0 Å². The minimum absolute atomic E-state index is 0.170. The van der Waals surface area contributed by atoms with Gasteiger partial charge < -0.3 is 14.6 Å².